The monoisotopic (exact) mass is 372 g/mol. The van der Waals surface area contributed by atoms with Gasteiger partial charge in [-0.3, -0.25) is 14.3 Å². The molecule has 8 heteroatoms. The average Bonchev–Trinajstić information content (AvgIpc) is 2.68. The van der Waals surface area contributed by atoms with Crippen molar-refractivity contribution >= 4 is 0 Å². The van der Waals surface area contributed by atoms with Gasteiger partial charge >= 0.3 is 5.69 Å². The zero-order valence-electron chi connectivity index (χ0n) is 14.7. The molecule has 5 heterocycles. The number of fused-ring (bicyclic) bond motifs is 2. The lowest BCUT2D eigenvalue weighted by molar-refractivity contribution is -0.414. The molecule has 1 N–H and O–H groups in total. The maximum Gasteiger partial charge on any atom is 0.330 e. The second-order valence-electron chi connectivity index (χ2n) is 7.34. The molecule has 4 aliphatic heterocycles. The molecule has 4 saturated heterocycles. The number of H-pyrrole nitrogens is 1. The minimum absolute atomic E-state index is 0.0218. The third kappa shape index (κ3) is 2.60. The van der Waals surface area contributed by atoms with E-state index in [4.69, 9.17) is 18.9 Å². The van der Waals surface area contributed by atoms with Crippen molar-refractivity contribution in [2.24, 2.45) is 5.92 Å². The number of benzene rings is 1. The first-order valence-corrected chi connectivity index (χ1v) is 9.00. The van der Waals surface area contributed by atoms with Gasteiger partial charge in [0.1, 0.15) is 11.7 Å². The van der Waals surface area contributed by atoms with Gasteiger partial charge < -0.3 is 18.9 Å². The zero-order valence-corrected chi connectivity index (χ0v) is 14.7. The summed E-state index contributed by atoms with van der Waals surface area (Å²) in [5, 5.41) is 0. The van der Waals surface area contributed by atoms with Crippen LogP contribution in [0.1, 0.15) is 25.0 Å². The lowest BCUT2D eigenvalue weighted by Gasteiger charge is -2.59. The summed E-state index contributed by atoms with van der Waals surface area (Å²) in [6, 6.07) is 11.1. The highest BCUT2D eigenvalue weighted by Gasteiger charge is 2.62. The van der Waals surface area contributed by atoms with Crippen molar-refractivity contribution in [3.63, 3.8) is 0 Å². The summed E-state index contributed by atoms with van der Waals surface area (Å²) in [6.07, 6.45) is -0.248. The number of rotatable bonds is 2. The van der Waals surface area contributed by atoms with Crippen LogP contribution in [0.25, 0.3) is 0 Å². The fraction of sp³-hybridized carbons (Fsp3) is 0.474. The molecule has 2 aromatic rings. The van der Waals surface area contributed by atoms with Crippen molar-refractivity contribution in [2.75, 3.05) is 13.2 Å². The van der Waals surface area contributed by atoms with E-state index in [1.165, 1.54) is 16.8 Å². The van der Waals surface area contributed by atoms with Gasteiger partial charge in [0.2, 0.25) is 0 Å². The molecule has 0 amide bonds. The maximum atomic E-state index is 12.2. The second kappa shape index (κ2) is 6.13. The van der Waals surface area contributed by atoms with E-state index in [-0.39, 0.29) is 18.1 Å². The minimum atomic E-state index is -0.792. The summed E-state index contributed by atoms with van der Waals surface area (Å²) in [4.78, 5) is 25.9. The van der Waals surface area contributed by atoms with E-state index in [0.717, 1.165) is 5.56 Å². The number of hydrogen-bond donors (Lipinski definition) is 1. The van der Waals surface area contributed by atoms with Crippen LogP contribution in [0.5, 0.6) is 0 Å². The van der Waals surface area contributed by atoms with Gasteiger partial charge in [0, 0.05) is 23.7 Å². The smallest absolute Gasteiger partial charge is 0.330 e. The van der Waals surface area contributed by atoms with E-state index in [0.29, 0.717) is 13.2 Å². The molecule has 1 aromatic heterocycles. The molecule has 6 atom stereocenters. The molecule has 1 spiro atoms. The van der Waals surface area contributed by atoms with Crippen molar-refractivity contribution < 1.29 is 18.9 Å². The minimum Gasteiger partial charge on any atom is -0.370 e. The first-order valence-electron chi connectivity index (χ1n) is 9.00. The number of aromatic nitrogens is 2. The van der Waals surface area contributed by atoms with Gasteiger partial charge in [-0.2, -0.15) is 0 Å². The first-order chi connectivity index (χ1) is 13.1. The Labute approximate surface area is 154 Å². The predicted octanol–water partition coefficient (Wildman–Crippen LogP) is 0.953. The highest BCUT2D eigenvalue weighted by Crippen LogP contribution is 2.50. The van der Waals surface area contributed by atoms with Crippen LogP contribution in [0, 0.1) is 5.92 Å². The van der Waals surface area contributed by atoms with Crippen LogP contribution in [-0.2, 0) is 18.9 Å². The fourth-order valence-corrected chi connectivity index (χ4v) is 4.30. The summed E-state index contributed by atoms with van der Waals surface area (Å²) in [5.41, 5.74) is -0.809. The van der Waals surface area contributed by atoms with Crippen LogP contribution in [0.2, 0.25) is 0 Å². The Balaban J connectivity index is 1.46. The van der Waals surface area contributed by atoms with Gasteiger partial charge in [-0.1, -0.05) is 37.3 Å². The van der Waals surface area contributed by atoms with Crippen LogP contribution < -0.4 is 11.2 Å². The molecule has 142 valence electrons. The summed E-state index contributed by atoms with van der Waals surface area (Å²) >= 11 is 0. The Kier molecular flexibility index (Phi) is 3.83. The zero-order chi connectivity index (χ0) is 18.6. The van der Waals surface area contributed by atoms with Gasteiger partial charge in [-0.15, -0.1) is 0 Å². The molecular weight excluding hydrogens is 352 g/mol. The Morgan fingerprint density at radius 2 is 1.89 bits per heavy atom. The standard InChI is InChI=1S/C19H20N2O6/c1-11-14-16(21-8-7-13(22)20-18(21)23)27-19(9-24-14)10-25-17(26-15(11)19)12-5-3-2-4-6-12/h2-8,11,14-17H,9-10H2,1H3,(H,20,22,23)/t11-,14-,15+,16-,17-,19-/m1/s1. The lowest BCUT2D eigenvalue weighted by Crippen LogP contribution is -2.71. The number of hydrogen-bond acceptors (Lipinski definition) is 6. The number of ether oxygens (including phenoxy) is 4. The Hall–Kier alpha value is -2.26. The van der Waals surface area contributed by atoms with Gasteiger partial charge in [0.05, 0.1) is 19.3 Å². The van der Waals surface area contributed by atoms with Crippen molar-refractivity contribution in [1.82, 2.24) is 9.55 Å². The molecule has 2 bridgehead atoms. The van der Waals surface area contributed by atoms with Gasteiger partial charge in [0.25, 0.3) is 5.56 Å². The van der Waals surface area contributed by atoms with E-state index in [1.54, 1.807) is 0 Å². The average molecular weight is 372 g/mol. The van der Waals surface area contributed by atoms with E-state index in [9.17, 15) is 9.59 Å². The topological polar surface area (TPSA) is 91.8 Å². The lowest BCUT2D eigenvalue weighted by atomic mass is 9.78. The summed E-state index contributed by atoms with van der Waals surface area (Å²) in [5.74, 6) is -0.0218. The summed E-state index contributed by atoms with van der Waals surface area (Å²) in [6.45, 7) is 2.66. The van der Waals surface area contributed by atoms with Crippen LogP contribution in [0.3, 0.4) is 0 Å². The van der Waals surface area contributed by atoms with E-state index >= 15 is 0 Å². The third-order valence-electron chi connectivity index (χ3n) is 5.62. The molecule has 4 fully saturated rings. The Bertz CT molecular complexity index is 956. The first kappa shape index (κ1) is 16.9. The fourth-order valence-electron chi connectivity index (χ4n) is 4.30. The van der Waals surface area contributed by atoms with Crippen LogP contribution in [0.15, 0.2) is 52.2 Å². The van der Waals surface area contributed by atoms with Crippen molar-refractivity contribution in [3.05, 3.63) is 69.0 Å². The largest absolute Gasteiger partial charge is 0.370 e. The molecule has 0 radical (unpaired) electrons. The van der Waals surface area contributed by atoms with Gasteiger partial charge in [0.15, 0.2) is 12.5 Å². The predicted molar refractivity (Wildman–Crippen MR) is 93.1 cm³/mol. The van der Waals surface area contributed by atoms with Crippen LogP contribution in [-0.4, -0.2) is 40.6 Å². The molecule has 6 rings (SSSR count). The number of nitrogens with one attached hydrogen (secondary N) is 1. The SMILES string of the molecule is C[C@@H]1[C@H]2OC[C@]3(CO[C@@H](c4ccccc4)O[C@@H]13)O[C@H]2n1ccc(=O)[nH]c1=O. The number of aromatic amines is 1. The van der Waals surface area contributed by atoms with Crippen LogP contribution in [0.4, 0.5) is 0 Å². The molecule has 4 aliphatic rings. The third-order valence-corrected chi connectivity index (χ3v) is 5.62. The normalized spacial score (nSPS) is 37.7. The van der Waals surface area contributed by atoms with Crippen molar-refractivity contribution in [3.8, 4) is 0 Å². The highest BCUT2D eigenvalue weighted by atomic mass is 16.7. The molecule has 0 unspecified atom stereocenters. The molecule has 0 aliphatic carbocycles. The molecular formula is C19H20N2O6. The van der Waals surface area contributed by atoms with Gasteiger partial charge in [-0.25, -0.2) is 4.79 Å². The summed E-state index contributed by atoms with van der Waals surface area (Å²) < 4.78 is 25.9. The summed E-state index contributed by atoms with van der Waals surface area (Å²) in [7, 11) is 0. The Morgan fingerprint density at radius 3 is 2.67 bits per heavy atom. The maximum absolute atomic E-state index is 12.2. The second-order valence-corrected chi connectivity index (χ2v) is 7.34. The molecule has 0 saturated carbocycles. The van der Waals surface area contributed by atoms with E-state index in [2.05, 4.69) is 4.98 Å². The van der Waals surface area contributed by atoms with Crippen LogP contribution >= 0.6 is 0 Å². The van der Waals surface area contributed by atoms with Gasteiger partial charge in [-0.05, 0) is 0 Å². The van der Waals surface area contributed by atoms with E-state index < -0.39 is 29.4 Å². The van der Waals surface area contributed by atoms with Crippen molar-refractivity contribution in [2.45, 2.75) is 37.3 Å². The molecule has 27 heavy (non-hydrogen) atoms. The quantitative estimate of drug-likeness (QED) is 0.844. The number of nitrogens with zero attached hydrogens (tertiary/aromatic N) is 1. The highest BCUT2D eigenvalue weighted by molar-refractivity contribution is 5.18. The van der Waals surface area contributed by atoms with E-state index in [1.807, 2.05) is 37.3 Å². The van der Waals surface area contributed by atoms with Crippen molar-refractivity contribution in [1.29, 1.82) is 0 Å². The molecule has 8 nitrogen and oxygen atoms in total. The molecule has 1 aromatic carbocycles. The Morgan fingerprint density at radius 1 is 1.11 bits per heavy atom.